The molecule has 0 aliphatic rings. The molecule has 0 amide bonds. The van der Waals surface area contributed by atoms with E-state index in [0.29, 0.717) is 106 Å². The number of hydrogen-bond donors (Lipinski definition) is 1. The standard InChI is InChI=1S/C20H41NO8/c1-3-5-22-7-9-24-11-13-26-15-17-28-19-20-29-18-16-27-14-12-25-10-8-23-6-4-21-2/h3,21H,1,4-20H2,2H3. The van der Waals surface area contributed by atoms with E-state index in [-0.39, 0.29) is 0 Å². The van der Waals surface area contributed by atoms with E-state index in [1.165, 1.54) is 0 Å². The van der Waals surface area contributed by atoms with Crippen molar-refractivity contribution in [3.63, 3.8) is 0 Å². The van der Waals surface area contributed by atoms with Crippen molar-refractivity contribution in [2.75, 3.05) is 119 Å². The van der Waals surface area contributed by atoms with E-state index in [0.717, 1.165) is 6.54 Å². The maximum Gasteiger partial charge on any atom is 0.0704 e. The summed E-state index contributed by atoms with van der Waals surface area (Å²) in [6.07, 6.45) is 1.71. The lowest BCUT2D eigenvalue weighted by molar-refractivity contribution is -0.0225. The third kappa shape index (κ3) is 27.4. The predicted octanol–water partition coefficient (Wildman–Crippen LogP) is 0.525. The van der Waals surface area contributed by atoms with Crippen LogP contribution in [-0.4, -0.2) is 119 Å². The molecule has 1 N–H and O–H groups in total. The molecule has 0 aliphatic carbocycles. The number of rotatable bonds is 26. The first kappa shape index (κ1) is 28.4. The van der Waals surface area contributed by atoms with Gasteiger partial charge in [-0.25, -0.2) is 0 Å². The van der Waals surface area contributed by atoms with E-state index in [4.69, 9.17) is 37.9 Å². The van der Waals surface area contributed by atoms with E-state index in [2.05, 4.69) is 11.9 Å². The molecular weight excluding hydrogens is 382 g/mol. The maximum absolute atomic E-state index is 5.42. The molecule has 0 spiro atoms. The van der Waals surface area contributed by atoms with Crippen molar-refractivity contribution in [2.45, 2.75) is 0 Å². The molecule has 0 aromatic heterocycles. The van der Waals surface area contributed by atoms with Gasteiger partial charge in [-0.05, 0) is 7.05 Å². The fraction of sp³-hybridized carbons (Fsp3) is 0.900. The largest absolute Gasteiger partial charge is 0.378 e. The Bertz CT molecular complexity index is 310. The number of ether oxygens (including phenoxy) is 8. The Morgan fingerprint density at radius 1 is 0.483 bits per heavy atom. The maximum atomic E-state index is 5.42. The molecule has 29 heavy (non-hydrogen) atoms. The van der Waals surface area contributed by atoms with E-state index >= 15 is 0 Å². The average molecular weight is 424 g/mol. The van der Waals surface area contributed by atoms with Crippen LogP contribution in [0.4, 0.5) is 0 Å². The zero-order valence-corrected chi connectivity index (χ0v) is 18.1. The molecule has 0 unspecified atom stereocenters. The fourth-order valence-electron chi connectivity index (χ4n) is 1.88. The molecule has 0 fully saturated rings. The second-order valence-electron chi connectivity index (χ2n) is 5.75. The normalized spacial score (nSPS) is 11.2. The molecule has 9 nitrogen and oxygen atoms in total. The second-order valence-corrected chi connectivity index (χ2v) is 5.75. The minimum atomic E-state index is 0.539. The van der Waals surface area contributed by atoms with Crippen LogP contribution in [0, 0.1) is 0 Å². The van der Waals surface area contributed by atoms with Crippen molar-refractivity contribution in [3.8, 4) is 0 Å². The zero-order chi connectivity index (χ0) is 21.1. The molecule has 0 atom stereocenters. The van der Waals surface area contributed by atoms with Crippen molar-refractivity contribution in [3.05, 3.63) is 12.7 Å². The van der Waals surface area contributed by atoms with Crippen molar-refractivity contribution in [1.82, 2.24) is 5.32 Å². The summed E-state index contributed by atoms with van der Waals surface area (Å²) in [5, 5.41) is 3.01. The van der Waals surface area contributed by atoms with Gasteiger partial charge in [-0.3, -0.25) is 0 Å². The predicted molar refractivity (Wildman–Crippen MR) is 111 cm³/mol. The third-order valence-electron chi connectivity index (χ3n) is 3.34. The summed E-state index contributed by atoms with van der Waals surface area (Å²) in [6, 6.07) is 0. The SMILES string of the molecule is C=CCOCCOCCOCCOCCOCCOCCOCCOCCNC. The van der Waals surface area contributed by atoms with Crippen LogP contribution >= 0.6 is 0 Å². The van der Waals surface area contributed by atoms with E-state index < -0.39 is 0 Å². The molecule has 9 heteroatoms. The molecule has 0 saturated carbocycles. The summed E-state index contributed by atoms with van der Waals surface area (Å²) < 4.78 is 42.9. The van der Waals surface area contributed by atoms with Gasteiger partial charge in [0.2, 0.25) is 0 Å². The van der Waals surface area contributed by atoms with Gasteiger partial charge in [0, 0.05) is 6.54 Å². The van der Waals surface area contributed by atoms with Crippen LogP contribution in [0.15, 0.2) is 12.7 Å². The summed E-state index contributed by atoms with van der Waals surface area (Å²) in [7, 11) is 1.90. The van der Waals surface area contributed by atoms with Crippen molar-refractivity contribution in [2.24, 2.45) is 0 Å². The highest BCUT2D eigenvalue weighted by Gasteiger charge is 1.94. The van der Waals surface area contributed by atoms with E-state index in [1.807, 2.05) is 7.05 Å². The molecule has 174 valence electrons. The molecule has 0 aliphatic heterocycles. The van der Waals surface area contributed by atoms with Crippen LogP contribution in [0.3, 0.4) is 0 Å². The monoisotopic (exact) mass is 423 g/mol. The second kappa shape index (κ2) is 27.4. The van der Waals surface area contributed by atoms with Gasteiger partial charge in [-0.1, -0.05) is 6.08 Å². The van der Waals surface area contributed by atoms with Crippen LogP contribution < -0.4 is 5.32 Å². The fourth-order valence-corrected chi connectivity index (χ4v) is 1.88. The first-order valence-corrected chi connectivity index (χ1v) is 10.3. The molecule has 0 aromatic carbocycles. The summed E-state index contributed by atoms with van der Waals surface area (Å²) >= 11 is 0. The summed E-state index contributed by atoms with van der Waals surface area (Å²) in [5.41, 5.74) is 0. The van der Waals surface area contributed by atoms with Gasteiger partial charge >= 0.3 is 0 Å². The molecule has 0 saturated heterocycles. The topological polar surface area (TPSA) is 85.9 Å². The number of nitrogens with one attached hydrogen (secondary N) is 1. The van der Waals surface area contributed by atoms with Crippen LogP contribution in [0.25, 0.3) is 0 Å². The minimum Gasteiger partial charge on any atom is -0.378 e. The molecule has 0 bridgehead atoms. The lowest BCUT2D eigenvalue weighted by Gasteiger charge is -2.08. The smallest absolute Gasteiger partial charge is 0.0704 e. The minimum absolute atomic E-state index is 0.539. The lowest BCUT2D eigenvalue weighted by atomic mass is 10.6. The highest BCUT2D eigenvalue weighted by atomic mass is 16.6. The Morgan fingerprint density at radius 3 is 1.03 bits per heavy atom. The molecule has 0 rings (SSSR count). The van der Waals surface area contributed by atoms with Gasteiger partial charge in [-0.2, -0.15) is 0 Å². The average Bonchev–Trinajstić information content (AvgIpc) is 2.74. The summed E-state index contributed by atoms with van der Waals surface area (Å²) in [6.45, 7) is 13.5. The van der Waals surface area contributed by atoms with E-state index in [9.17, 15) is 0 Å². The first-order valence-electron chi connectivity index (χ1n) is 10.3. The Kier molecular flexibility index (Phi) is 26.8. The van der Waals surface area contributed by atoms with Crippen molar-refractivity contribution < 1.29 is 37.9 Å². The van der Waals surface area contributed by atoms with Gasteiger partial charge in [0.25, 0.3) is 0 Å². The highest BCUT2D eigenvalue weighted by molar-refractivity contribution is 4.63. The van der Waals surface area contributed by atoms with Crippen LogP contribution in [0.5, 0.6) is 0 Å². The number of hydrogen-bond acceptors (Lipinski definition) is 9. The van der Waals surface area contributed by atoms with Gasteiger partial charge in [0.05, 0.1) is 106 Å². The Hall–Kier alpha value is -0.620. The van der Waals surface area contributed by atoms with Gasteiger partial charge in [-0.15, -0.1) is 6.58 Å². The molecular formula is C20H41NO8. The molecule has 0 radical (unpaired) electrons. The molecule has 0 aromatic rings. The van der Waals surface area contributed by atoms with Crippen LogP contribution in [-0.2, 0) is 37.9 Å². The van der Waals surface area contributed by atoms with E-state index in [1.54, 1.807) is 6.08 Å². The van der Waals surface area contributed by atoms with Crippen LogP contribution in [0.2, 0.25) is 0 Å². The first-order chi connectivity index (χ1) is 14.4. The van der Waals surface area contributed by atoms with Crippen molar-refractivity contribution >= 4 is 0 Å². The zero-order valence-electron chi connectivity index (χ0n) is 18.1. The quantitative estimate of drug-likeness (QED) is 0.158. The molecule has 0 heterocycles. The Morgan fingerprint density at radius 2 is 0.759 bits per heavy atom. The third-order valence-corrected chi connectivity index (χ3v) is 3.34. The van der Waals surface area contributed by atoms with Gasteiger partial charge in [0.1, 0.15) is 0 Å². The van der Waals surface area contributed by atoms with Gasteiger partial charge < -0.3 is 43.2 Å². The van der Waals surface area contributed by atoms with Crippen LogP contribution in [0.1, 0.15) is 0 Å². The van der Waals surface area contributed by atoms with Gasteiger partial charge in [0.15, 0.2) is 0 Å². The lowest BCUT2D eigenvalue weighted by Crippen LogP contribution is -2.17. The van der Waals surface area contributed by atoms with Crippen molar-refractivity contribution in [1.29, 1.82) is 0 Å². The number of likely N-dealkylation sites (N-methyl/N-ethyl adjacent to an activating group) is 1. The summed E-state index contributed by atoms with van der Waals surface area (Å²) in [4.78, 5) is 0. The Balaban J connectivity index is 2.97. The highest BCUT2D eigenvalue weighted by Crippen LogP contribution is 1.85. The summed E-state index contributed by atoms with van der Waals surface area (Å²) in [5.74, 6) is 0. The Labute approximate surface area is 175 Å².